The highest BCUT2D eigenvalue weighted by Crippen LogP contribution is 2.10. The first-order chi connectivity index (χ1) is 9.25. The number of hydrogen-bond donors (Lipinski definition) is 1. The SMILES string of the molecule is CC1CN(C(=O)CCOC2CCNCC2)CCCO1. The summed E-state index contributed by atoms with van der Waals surface area (Å²) in [5.74, 6) is 0.200. The third kappa shape index (κ3) is 5.09. The number of nitrogens with one attached hydrogen (secondary N) is 1. The van der Waals surface area contributed by atoms with E-state index in [0.717, 1.165) is 45.5 Å². The summed E-state index contributed by atoms with van der Waals surface area (Å²) < 4.78 is 11.3. The summed E-state index contributed by atoms with van der Waals surface area (Å²) in [5.41, 5.74) is 0. The summed E-state index contributed by atoms with van der Waals surface area (Å²) in [7, 11) is 0. The summed E-state index contributed by atoms with van der Waals surface area (Å²) in [5, 5.41) is 3.31. The Kier molecular flexibility index (Phi) is 6.07. The molecule has 1 amide bonds. The van der Waals surface area contributed by atoms with Crippen LogP contribution in [0.2, 0.25) is 0 Å². The molecule has 1 N–H and O–H groups in total. The molecule has 0 aromatic heterocycles. The van der Waals surface area contributed by atoms with Crippen LogP contribution >= 0.6 is 0 Å². The molecular formula is C14H26N2O3. The second-order valence-electron chi connectivity index (χ2n) is 5.44. The highest BCUT2D eigenvalue weighted by atomic mass is 16.5. The zero-order valence-electron chi connectivity index (χ0n) is 11.9. The van der Waals surface area contributed by atoms with Crippen molar-refractivity contribution < 1.29 is 14.3 Å². The van der Waals surface area contributed by atoms with Crippen LogP contribution in [0.15, 0.2) is 0 Å². The van der Waals surface area contributed by atoms with Gasteiger partial charge in [-0.25, -0.2) is 0 Å². The van der Waals surface area contributed by atoms with E-state index in [1.165, 1.54) is 0 Å². The zero-order chi connectivity index (χ0) is 13.5. The molecule has 0 aliphatic carbocycles. The Morgan fingerprint density at radius 1 is 1.42 bits per heavy atom. The standard InChI is InChI=1S/C14H26N2O3/c1-12-11-16(8-2-9-18-12)14(17)5-10-19-13-3-6-15-7-4-13/h12-13,15H,2-11H2,1H3. The molecule has 1 unspecified atom stereocenters. The second-order valence-corrected chi connectivity index (χ2v) is 5.44. The van der Waals surface area contributed by atoms with E-state index in [1.807, 2.05) is 11.8 Å². The van der Waals surface area contributed by atoms with E-state index in [0.29, 0.717) is 25.7 Å². The molecular weight excluding hydrogens is 244 g/mol. The Hall–Kier alpha value is -0.650. The maximum Gasteiger partial charge on any atom is 0.224 e. The van der Waals surface area contributed by atoms with Crippen LogP contribution in [0.4, 0.5) is 0 Å². The van der Waals surface area contributed by atoms with Gasteiger partial charge in [0, 0.05) is 19.7 Å². The van der Waals surface area contributed by atoms with Crippen LogP contribution in [0, 0.1) is 0 Å². The van der Waals surface area contributed by atoms with Gasteiger partial charge < -0.3 is 19.7 Å². The Balaban J connectivity index is 1.65. The molecule has 0 aromatic carbocycles. The molecule has 2 rings (SSSR count). The minimum absolute atomic E-state index is 0.150. The van der Waals surface area contributed by atoms with E-state index in [4.69, 9.17) is 9.47 Å². The van der Waals surface area contributed by atoms with Crippen LogP contribution < -0.4 is 5.32 Å². The van der Waals surface area contributed by atoms with E-state index in [2.05, 4.69) is 5.32 Å². The monoisotopic (exact) mass is 270 g/mol. The van der Waals surface area contributed by atoms with Crippen LogP contribution in [0.25, 0.3) is 0 Å². The van der Waals surface area contributed by atoms with Crippen LogP contribution in [-0.4, -0.2) is 62.4 Å². The number of nitrogens with zero attached hydrogens (tertiary/aromatic N) is 1. The van der Waals surface area contributed by atoms with Crippen molar-refractivity contribution in [1.29, 1.82) is 0 Å². The van der Waals surface area contributed by atoms with Crippen molar-refractivity contribution in [2.75, 3.05) is 39.4 Å². The first kappa shape index (κ1) is 14.8. The van der Waals surface area contributed by atoms with Crippen LogP contribution in [-0.2, 0) is 14.3 Å². The van der Waals surface area contributed by atoms with Gasteiger partial charge in [-0.05, 0) is 39.3 Å². The average molecular weight is 270 g/mol. The first-order valence-corrected chi connectivity index (χ1v) is 7.47. The van der Waals surface area contributed by atoms with Crippen molar-refractivity contribution in [2.24, 2.45) is 0 Å². The lowest BCUT2D eigenvalue weighted by atomic mass is 10.1. The van der Waals surface area contributed by atoms with Gasteiger partial charge in [0.1, 0.15) is 0 Å². The van der Waals surface area contributed by atoms with Gasteiger partial charge in [-0.15, -0.1) is 0 Å². The predicted molar refractivity (Wildman–Crippen MR) is 73.1 cm³/mol. The predicted octanol–water partition coefficient (Wildman–Crippen LogP) is 0.783. The third-order valence-corrected chi connectivity index (χ3v) is 3.76. The quantitative estimate of drug-likeness (QED) is 0.820. The first-order valence-electron chi connectivity index (χ1n) is 7.47. The van der Waals surface area contributed by atoms with E-state index < -0.39 is 0 Å². The summed E-state index contributed by atoms with van der Waals surface area (Å²) in [6.45, 7) is 6.92. The molecule has 2 aliphatic heterocycles. The Morgan fingerprint density at radius 3 is 3.00 bits per heavy atom. The van der Waals surface area contributed by atoms with E-state index in [1.54, 1.807) is 0 Å². The molecule has 0 aromatic rings. The van der Waals surface area contributed by atoms with Gasteiger partial charge in [-0.1, -0.05) is 0 Å². The molecule has 0 radical (unpaired) electrons. The molecule has 5 heteroatoms. The molecule has 0 saturated carbocycles. The van der Waals surface area contributed by atoms with Gasteiger partial charge in [0.2, 0.25) is 5.91 Å². The largest absolute Gasteiger partial charge is 0.378 e. The number of piperidine rings is 1. The van der Waals surface area contributed by atoms with Crippen molar-refractivity contribution in [2.45, 2.75) is 44.8 Å². The fourth-order valence-corrected chi connectivity index (χ4v) is 2.65. The molecule has 19 heavy (non-hydrogen) atoms. The van der Waals surface area contributed by atoms with Gasteiger partial charge >= 0.3 is 0 Å². The molecule has 2 aliphatic rings. The van der Waals surface area contributed by atoms with E-state index in [-0.39, 0.29) is 12.0 Å². The molecule has 0 spiro atoms. The van der Waals surface area contributed by atoms with E-state index in [9.17, 15) is 4.79 Å². The van der Waals surface area contributed by atoms with Crippen molar-refractivity contribution in [3.63, 3.8) is 0 Å². The van der Waals surface area contributed by atoms with E-state index >= 15 is 0 Å². The third-order valence-electron chi connectivity index (χ3n) is 3.76. The number of amides is 1. The fourth-order valence-electron chi connectivity index (χ4n) is 2.65. The minimum atomic E-state index is 0.150. The highest BCUT2D eigenvalue weighted by Gasteiger charge is 2.20. The number of ether oxygens (including phenoxy) is 2. The number of carbonyl (C=O) groups is 1. The minimum Gasteiger partial charge on any atom is -0.378 e. The molecule has 1 atom stereocenters. The number of hydrogen-bond acceptors (Lipinski definition) is 4. The van der Waals surface area contributed by atoms with Crippen LogP contribution in [0.5, 0.6) is 0 Å². The lowest BCUT2D eigenvalue weighted by Crippen LogP contribution is -2.37. The molecule has 0 bridgehead atoms. The lowest BCUT2D eigenvalue weighted by molar-refractivity contribution is -0.133. The van der Waals surface area contributed by atoms with Crippen molar-refractivity contribution >= 4 is 5.91 Å². The van der Waals surface area contributed by atoms with Gasteiger partial charge in [-0.3, -0.25) is 4.79 Å². The van der Waals surface area contributed by atoms with Crippen LogP contribution in [0.1, 0.15) is 32.6 Å². The maximum absolute atomic E-state index is 12.1. The summed E-state index contributed by atoms with van der Waals surface area (Å²) in [4.78, 5) is 14.0. The normalized spacial score (nSPS) is 26.2. The molecule has 110 valence electrons. The van der Waals surface area contributed by atoms with Gasteiger partial charge in [0.05, 0.1) is 25.2 Å². The molecule has 5 nitrogen and oxygen atoms in total. The Morgan fingerprint density at radius 2 is 2.21 bits per heavy atom. The highest BCUT2D eigenvalue weighted by molar-refractivity contribution is 5.76. The fraction of sp³-hybridized carbons (Fsp3) is 0.929. The summed E-state index contributed by atoms with van der Waals surface area (Å²) in [6, 6.07) is 0. The Bertz CT molecular complexity index is 280. The number of rotatable bonds is 4. The zero-order valence-corrected chi connectivity index (χ0v) is 11.9. The lowest BCUT2D eigenvalue weighted by Gasteiger charge is -2.25. The molecule has 2 heterocycles. The number of carbonyl (C=O) groups excluding carboxylic acids is 1. The van der Waals surface area contributed by atoms with Crippen molar-refractivity contribution in [1.82, 2.24) is 10.2 Å². The molecule has 2 saturated heterocycles. The summed E-state index contributed by atoms with van der Waals surface area (Å²) in [6.07, 6.45) is 4.03. The van der Waals surface area contributed by atoms with Crippen LogP contribution in [0.3, 0.4) is 0 Å². The Labute approximate surface area is 115 Å². The summed E-state index contributed by atoms with van der Waals surface area (Å²) >= 11 is 0. The average Bonchev–Trinajstić information content (AvgIpc) is 2.64. The maximum atomic E-state index is 12.1. The second kappa shape index (κ2) is 7.82. The smallest absolute Gasteiger partial charge is 0.224 e. The van der Waals surface area contributed by atoms with Crippen molar-refractivity contribution in [3.05, 3.63) is 0 Å². The van der Waals surface area contributed by atoms with Gasteiger partial charge in [-0.2, -0.15) is 0 Å². The van der Waals surface area contributed by atoms with Gasteiger partial charge in [0.15, 0.2) is 0 Å². The van der Waals surface area contributed by atoms with Crippen molar-refractivity contribution in [3.8, 4) is 0 Å². The topological polar surface area (TPSA) is 50.8 Å². The van der Waals surface area contributed by atoms with Gasteiger partial charge in [0.25, 0.3) is 0 Å². The molecule has 2 fully saturated rings.